The number of carbonyl (C=O) groups is 1. The average Bonchev–Trinajstić information content (AvgIpc) is 3.32. The van der Waals surface area contributed by atoms with Crippen molar-refractivity contribution in [2.45, 2.75) is 52.2 Å². The lowest BCUT2D eigenvalue weighted by atomic mass is 10.0. The molecule has 72 heavy (non-hydrogen) atoms. The summed E-state index contributed by atoms with van der Waals surface area (Å²) in [6, 6.07) is 21.9. The van der Waals surface area contributed by atoms with Gasteiger partial charge in [-0.3, -0.25) is 18.2 Å². The second-order valence-corrected chi connectivity index (χ2v) is 21.2. The zero-order valence-corrected chi connectivity index (χ0v) is 40.7. The van der Waals surface area contributed by atoms with E-state index in [4.69, 9.17) is 9.47 Å². The van der Waals surface area contributed by atoms with Crippen molar-refractivity contribution in [3.63, 3.8) is 0 Å². The summed E-state index contributed by atoms with van der Waals surface area (Å²) in [5.41, 5.74) is -0.139. The first-order valence-electron chi connectivity index (χ1n) is 21.1. The molecule has 22 nitrogen and oxygen atoms in total. The number of aryl methyl sites for hydroxylation is 1. The van der Waals surface area contributed by atoms with Crippen LogP contribution in [0.2, 0.25) is 0 Å². The van der Waals surface area contributed by atoms with Gasteiger partial charge in [0.05, 0.1) is 43.1 Å². The quantitative estimate of drug-likeness (QED) is 0.0165. The third-order valence-electron chi connectivity index (χ3n) is 10.7. The molecule has 0 aromatic heterocycles. The average molecular weight is 1060 g/mol. The van der Waals surface area contributed by atoms with Crippen LogP contribution in [0, 0.1) is 0 Å². The summed E-state index contributed by atoms with van der Waals surface area (Å²) >= 11 is 0. The number of aromatic hydroxyl groups is 1. The molecule has 0 saturated carbocycles. The SMILES string of the molecule is C=CC(=O)OCCOc1ccc(N=Nc2ccc(N=Nc3ccc(N=Nc4c(S(=O)(=O)O)cc5cc(S(=O)(=O)O)c(CCCCC)cc5c4O)c4cc(S(=O)(=O)O)ccc34)c3cc(S(=O)(=O)O)ccc23)cc1. The molecule has 5 N–H and O–H groups in total. The van der Waals surface area contributed by atoms with Gasteiger partial charge >= 0.3 is 5.97 Å². The molecule has 0 fully saturated rings. The lowest BCUT2D eigenvalue weighted by Gasteiger charge is -2.13. The van der Waals surface area contributed by atoms with Crippen LogP contribution in [0.15, 0.2) is 166 Å². The van der Waals surface area contributed by atoms with E-state index < -0.39 is 77.5 Å². The number of rotatable bonds is 19. The van der Waals surface area contributed by atoms with Crippen LogP contribution in [0.25, 0.3) is 32.3 Å². The Morgan fingerprint density at radius 2 is 1.06 bits per heavy atom. The predicted octanol–water partition coefficient (Wildman–Crippen LogP) is 10.9. The van der Waals surface area contributed by atoms with Crippen LogP contribution in [0.4, 0.5) is 34.1 Å². The van der Waals surface area contributed by atoms with Gasteiger partial charge in [-0.25, -0.2) is 4.79 Å². The van der Waals surface area contributed by atoms with Crippen LogP contribution in [0.1, 0.15) is 31.7 Å². The summed E-state index contributed by atoms with van der Waals surface area (Å²) in [5, 5.41) is 37.0. The van der Waals surface area contributed by atoms with Crippen molar-refractivity contribution in [1.29, 1.82) is 0 Å². The molecule has 0 heterocycles. The molecule has 0 amide bonds. The number of phenols is 1. The molecule has 0 saturated heterocycles. The second-order valence-electron chi connectivity index (χ2n) is 15.5. The van der Waals surface area contributed by atoms with E-state index >= 15 is 0 Å². The molecule has 0 aliphatic heterocycles. The number of carbonyl (C=O) groups excluding carboxylic acids is 1. The third-order valence-corrected chi connectivity index (χ3v) is 14.2. The number of fused-ring (bicyclic) bond motifs is 3. The van der Waals surface area contributed by atoms with Crippen LogP contribution in [0.5, 0.6) is 11.5 Å². The smallest absolute Gasteiger partial charge is 0.330 e. The highest BCUT2D eigenvalue weighted by atomic mass is 32.2. The minimum atomic E-state index is -5.23. The van der Waals surface area contributed by atoms with Crippen molar-refractivity contribution in [2.24, 2.45) is 30.7 Å². The molecule has 0 atom stereocenters. The normalized spacial score (nSPS) is 12.7. The van der Waals surface area contributed by atoms with E-state index in [2.05, 4.69) is 37.3 Å². The number of esters is 1. The highest BCUT2D eigenvalue weighted by Gasteiger charge is 2.26. The lowest BCUT2D eigenvalue weighted by molar-refractivity contribution is -0.138. The minimum Gasteiger partial charge on any atom is -0.505 e. The molecule has 0 aliphatic carbocycles. The Kier molecular flexibility index (Phi) is 15.4. The number of nitrogens with zero attached hydrogens (tertiary/aromatic N) is 6. The number of phenolic OH excluding ortho intramolecular Hbond substituents is 1. The monoisotopic (exact) mass is 1060 g/mol. The lowest BCUT2D eigenvalue weighted by Crippen LogP contribution is -2.09. The van der Waals surface area contributed by atoms with Gasteiger partial charge in [0.2, 0.25) is 0 Å². The number of benzene rings is 7. The molecule has 374 valence electrons. The van der Waals surface area contributed by atoms with E-state index in [1.807, 2.05) is 6.92 Å². The van der Waals surface area contributed by atoms with E-state index in [0.717, 1.165) is 48.9 Å². The van der Waals surface area contributed by atoms with Crippen LogP contribution >= 0.6 is 0 Å². The van der Waals surface area contributed by atoms with Crippen molar-refractivity contribution < 1.29 is 71.3 Å². The Hall–Kier alpha value is -7.43. The standard InChI is InChI=1S/C46H40N6O16S4/c1-3-5-6-7-27-22-35-28(23-42(27)71(61,62)63)24-43(72(64,65)66)45(46(35)54)52-51-41-19-17-39(34-15-13-32(26-37(34)41)70(58,59)60)49-50-40-18-16-38(33-14-12-31(25-36(33)40)69(55,56)57)48-47-29-8-10-30(11-9-29)67-20-21-68-44(53)4-2/h4,8-19,22-26,54H,2-3,5-7,20-21H2,1H3,(H,55,56,57)(H,58,59,60)(H,61,62,63)(H,64,65,66). The van der Waals surface area contributed by atoms with Crippen molar-refractivity contribution in [2.75, 3.05) is 13.2 Å². The van der Waals surface area contributed by atoms with Gasteiger partial charge in [0.15, 0.2) is 5.75 Å². The Morgan fingerprint density at radius 3 is 1.56 bits per heavy atom. The van der Waals surface area contributed by atoms with Gasteiger partial charge in [-0.1, -0.05) is 38.5 Å². The molecule has 7 rings (SSSR count). The third kappa shape index (κ3) is 12.2. The van der Waals surface area contributed by atoms with Crippen LogP contribution in [-0.4, -0.2) is 76.2 Å². The minimum absolute atomic E-state index is 0.00312. The maximum absolute atomic E-state index is 12.7. The van der Waals surface area contributed by atoms with Crippen molar-refractivity contribution in [3.05, 3.63) is 121 Å². The predicted molar refractivity (Wildman–Crippen MR) is 262 cm³/mol. The van der Waals surface area contributed by atoms with Crippen LogP contribution in [0.3, 0.4) is 0 Å². The van der Waals surface area contributed by atoms with E-state index in [-0.39, 0.29) is 74.9 Å². The topological polar surface area (TPSA) is 347 Å². The van der Waals surface area contributed by atoms with Gasteiger partial charge in [-0.05, 0) is 115 Å². The number of hydrogen-bond acceptors (Lipinski definition) is 18. The molecule has 7 aromatic rings. The molecular weight excluding hydrogens is 1020 g/mol. The zero-order valence-electron chi connectivity index (χ0n) is 37.4. The maximum atomic E-state index is 12.7. The Morgan fingerprint density at radius 1 is 0.556 bits per heavy atom. The zero-order chi connectivity index (χ0) is 52.2. The summed E-state index contributed by atoms with van der Waals surface area (Å²) in [7, 11) is -19.6. The summed E-state index contributed by atoms with van der Waals surface area (Å²) in [6.45, 7) is 5.32. The highest BCUT2D eigenvalue weighted by Crippen LogP contribution is 2.45. The van der Waals surface area contributed by atoms with E-state index in [1.54, 1.807) is 24.3 Å². The first-order chi connectivity index (χ1) is 34.0. The van der Waals surface area contributed by atoms with Crippen LogP contribution in [-0.2, 0) is 56.4 Å². The van der Waals surface area contributed by atoms with Gasteiger partial charge in [-0.2, -0.15) is 38.8 Å². The highest BCUT2D eigenvalue weighted by molar-refractivity contribution is 7.86. The fourth-order valence-corrected chi connectivity index (χ4v) is 9.71. The van der Waals surface area contributed by atoms with E-state index in [9.17, 15) is 61.8 Å². The Labute approximate surface area is 411 Å². The fraction of sp³-hybridized carbons (Fsp3) is 0.152. The van der Waals surface area contributed by atoms with Gasteiger partial charge in [0, 0.05) is 33.0 Å². The Bertz CT molecular complexity index is 3890. The first kappa shape index (κ1) is 52.4. The molecule has 0 radical (unpaired) electrons. The van der Waals surface area contributed by atoms with Crippen LogP contribution < -0.4 is 4.74 Å². The fourth-order valence-electron chi connectivity index (χ4n) is 7.27. The summed E-state index contributed by atoms with van der Waals surface area (Å²) < 4.78 is 150. The molecular formula is C46H40N6O16S4. The van der Waals surface area contributed by atoms with Gasteiger partial charge < -0.3 is 14.6 Å². The molecule has 0 aliphatic rings. The first-order valence-corrected chi connectivity index (χ1v) is 26.9. The number of ether oxygens (including phenoxy) is 2. The number of hydrogen-bond donors (Lipinski definition) is 5. The number of azo groups is 3. The summed E-state index contributed by atoms with van der Waals surface area (Å²) in [4.78, 5) is 8.58. The molecule has 0 bridgehead atoms. The molecule has 26 heteroatoms. The van der Waals surface area contributed by atoms with E-state index in [0.29, 0.717) is 29.7 Å². The van der Waals surface area contributed by atoms with Crippen molar-refractivity contribution in [3.8, 4) is 11.5 Å². The van der Waals surface area contributed by atoms with Gasteiger partial charge in [0.25, 0.3) is 40.5 Å². The number of unbranched alkanes of at least 4 members (excludes halogenated alkanes) is 2. The van der Waals surface area contributed by atoms with Crippen molar-refractivity contribution in [1.82, 2.24) is 0 Å². The van der Waals surface area contributed by atoms with Gasteiger partial charge in [0.1, 0.15) is 29.5 Å². The largest absolute Gasteiger partial charge is 0.505 e. The van der Waals surface area contributed by atoms with Gasteiger partial charge in [-0.15, -0.1) is 25.6 Å². The maximum Gasteiger partial charge on any atom is 0.330 e. The molecule has 0 unspecified atom stereocenters. The van der Waals surface area contributed by atoms with E-state index in [1.165, 1.54) is 42.5 Å². The summed E-state index contributed by atoms with van der Waals surface area (Å²) in [5.74, 6) is -0.983. The second kappa shape index (κ2) is 21.1. The van der Waals surface area contributed by atoms with Crippen molar-refractivity contribution >= 4 is 113 Å². The molecule has 0 spiro atoms. The Balaban J connectivity index is 1.28. The molecule has 7 aromatic carbocycles. The summed E-state index contributed by atoms with van der Waals surface area (Å²) in [6.07, 6.45) is 3.14.